The van der Waals surface area contributed by atoms with Gasteiger partial charge in [0.2, 0.25) is 0 Å². The van der Waals surface area contributed by atoms with E-state index in [-0.39, 0.29) is 0 Å². The molecule has 1 aliphatic heterocycles. The Morgan fingerprint density at radius 3 is 1.48 bits per heavy atom. The highest BCUT2D eigenvalue weighted by Crippen LogP contribution is 2.51. The summed E-state index contributed by atoms with van der Waals surface area (Å²) in [5.41, 5.74) is 16.3. The number of anilines is 2. The van der Waals surface area contributed by atoms with Gasteiger partial charge in [0.1, 0.15) is 0 Å². The predicted octanol–water partition coefficient (Wildman–Crippen LogP) is 15.4. The fraction of sp³-hybridized carbons (Fsp3) is 0.103. The molecule has 4 nitrogen and oxygen atoms in total. The van der Waals surface area contributed by atoms with Crippen LogP contribution in [0.1, 0.15) is 36.6 Å². The molecule has 0 radical (unpaired) electrons. The molecule has 3 aromatic heterocycles. The lowest BCUT2D eigenvalue weighted by Gasteiger charge is -2.28. The van der Waals surface area contributed by atoms with Crippen molar-refractivity contribution in [3.05, 3.63) is 199 Å². The van der Waals surface area contributed by atoms with Crippen LogP contribution in [0.4, 0.5) is 11.4 Å². The van der Waals surface area contributed by atoms with E-state index in [1.165, 1.54) is 121 Å². The lowest BCUT2D eigenvalue weighted by molar-refractivity contribution is 0.642. The molecule has 0 saturated heterocycles. The van der Waals surface area contributed by atoms with Crippen molar-refractivity contribution in [1.29, 1.82) is 0 Å². The third-order valence-electron chi connectivity index (χ3n) is 14.4. The number of hydrogen-bond acceptors (Lipinski definition) is 1. The number of rotatable bonds is 4. The molecular formula is C58H44N4. The fourth-order valence-electron chi connectivity index (χ4n) is 11.2. The Kier molecular flexibility index (Phi) is 7.37. The van der Waals surface area contributed by atoms with E-state index in [1.54, 1.807) is 0 Å². The average molecular weight is 797 g/mol. The van der Waals surface area contributed by atoms with Gasteiger partial charge in [0, 0.05) is 78.1 Å². The minimum Gasteiger partial charge on any atom is -0.337 e. The second-order valence-corrected chi connectivity index (χ2v) is 17.4. The number of hydrogen-bond donors (Lipinski definition) is 0. The first-order valence-corrected chi connectivity index (χ1v) is 21.9. The van der Waals surface area contributed by atoms with Crippen LogP contribution in [-0.4, -0.2) is 19.7 Å². The summed E-state index contributed by atoms with van der Waals surface area (Å²) in [6, 6.07) is 67.9. The molecule has 9 aromatic carbocycles. The van der Waals surface area contributed by atoms with Crippen molar-refractivity contribution in [3.8, 4) is 17.1 Å². The highest BCUT2D eigenvalue weighted by molar-refractivity contribution is 6.21. The molecule has 0 bridgehead atoms. The van der Waals surface area contributed by atoms with Gasteiger partial charge in [0.05, 0.1) is 33.3 Å². The summed E-state index contributed by atoms with van der Waals surface area (Å²) in [6.45, 7) is 9.35. The van der Waals surface area contributed by atoms with Crippen LogP contribution in [0.2, 0.25) is 0 Å². The van der Waals surface area contributed by atoms with Gasteiger partial charge in [-0.15, -0.1) is 0 Å². The molecule has 0 saturated carbocycles. The zero-order valence-electron chi connectivity index (χ0n) is 35.3. The molecular weight excluding hydrogens is 753 g/mol. The van der Waals surface area contributed by atoms with Crippen molar-refractivity contribution in [2.75, 3.05) is 4.90 Å². The Bertz CT molecular complexity index is 3810. The molecule has 0 fully saturated rings. The Labute approximate surface area is 360 Å². The Balaban J connectivity index is 1.01. The van der Waals surface area contributed by atoms with Gasteiger partial charge in [-0.1, -0.05) is 116 Å². The quantitative estimate of drug-likeness (QED) is 0.162. The van der Waals surface area contributed by atoms with Crippen LogP contribution in [0, 0.1) is 13.8 Å². The molecule has 0 amide bonds. The molecule has 0 N–H and O–H groups in total. The Morgan fingerprint density at radius 2 is 0.839 bits per heavy atom. The maximum absolute atomic E-state index is 2.62. The monoisotopic (exact) mass is 796 g/mol. The fourth-order valence-corrected chi connectivity index (χ4v) is 11.2. The van der Waals surface area contributed by atoms with E-state index in [0.717, 1.165) is 0 Å². The van der Waals surface area contributed by atoms with Crippen molar-refractivity contribution in [2.45, 2.75) is 39.7 Å². The SMILES string of the molecule is Cc1c(C)n(-c2ccc3c(c2)c2ccccc2n3-c2ccccc2)c2c1ccc1c3ccc4c(c3ccc12)N(c1ccc2c(c1)c1ccccc1n2-c1ccccc1)C(C)C4C. The van der Waals surface area contributed by atoms with E-state index in [0.29, 0.717) is 12.0 Å². The summed E-state index contributed by atoms with van der Waals surface area (Å²) in [6.07, 6.45) is 0. The first-order valence-electron chi connectivity index (χ1n) is 21.9. The van der Waals surface area contributed by atoms with Crippen molar-refractivity contribution in [2.24, 2.45) is 0 Å². The van der Waals surface area contributed by atoms with Crippen LogP contribution in [0.15, 0.2) is 182 Å². The molecule has 62 heavy (non-hydrogen) atoms. The summed E-state index contributed by atoms with van der Waals surface area (Å²) < 4.78 is 7.31. The van der Waals surface area contributed by atoms with Crippen LogP contribution < -0.4 is 4.90 Å². The predicted molar refractivity (Wildman–Crippen MR) is 263 cm³/mol. The standard InChI is InChI=1S/C58H44N4/c1-35-37(3)59(41-23-31-55-51(33-41)47-19-11-13-21-53(47)61(55)39-15-7-5-8-16-39)57-43(35)25-27-45-46-28-26-44-36(2)38(4)60(58(44)50(46)30-29-49(45)57)42-24-32-56-52(34-42)48-20-12-14-22-54(48)62(56)40-17-9-6-10-18-40/h5-35,37H,1-4H3. The summed E-state index contributed by atoms with van der Waals surface area (Å²) in [5, 5.41) is 11.5. The Hall–Kier alpha value is -7.56. The molecule has 12 aromatic rings. The summed E-state index contributed by atoms with van der Waals surface area (Å²) in [4.78, 5) is 2.62. The van der Waals surface area contributed by atoms with Crippen LogP contribution in [-0.2, 0) is 0 Å². The van der Waals surface area contributed by atoms with E-state index in [4.69, 9.17) is 0 Å². The highest BCUT2D eigenvalue weighted by Gasteiger charge is 2.36. The van der Waals surface area contributed by atoms with Gasteiger partial charge in [-0.05, 0) is 115 Å². The normalized spacial score (nSPS) is 15.4. The second kappa shape index (κ2) is 13.0. The maximum Gasteiger partial charge on any atom is 0.0612 e. The number of para-hydroxylation sites is 4. The topological polar surface area (TPSA) is 18.0 Å². The maximum atomic E-state index is 2.62. The van der Waals surface area contributed by atoms with Gasteiger partial charge in [-0.3, -0.25) is 0 Å². The zero-order valence-corrected chi connectivity index (χ0v) is 35.3. The number of aryl methyl sites for hydroxylation is 1. The third-order valence-corrected chi connectivity index (χ3v) is 14.4. The third kappa shape index (κ3) is 4.72. The minimum absolute atomic E-state index is 0.291. The van der Waals surface area contributed by atoms with E-state index in [2.05, 4.69) is 228 Å². The van der Waals surface area contributed by atoms with Gasteiger partial charge in [0.15, 0.2) is 0 Å². The van der Waals surface area contributed by atoms with Gasteiger partial charge in [-0.2, -0.15) is 0 Å². The summed E-state index contributed by atoms with van der Waals surface area (Å²) in [5.74, 6) is 0.374. The molecule has 2 atom stereocenters. The van der Waals surface area contributed by atoms with Crippen molar-refractivity contribution < 1.29 is 0 Å². The first-order chi connectivity index (χ1) is 30.5. The molecule has 2 unspecified atom stereocenters. The lowest BCUT2D eigenvalue weighted by Crippen LogP contribution is -2.25. The number of aromatic nitrogens is 3. The van der Waals surface area contributed by atoms with Crippen LogP contribution >= 0.6 is 0 Å². The van der Waals surface area contributed by atoms with E-state index in [1.807, 2.05) is 0 Å². The van der Waals surface area contributed by atoms with E-state index in [9.17, 15) is 0 Å². The van der Waals surface area contributed by atoms with Crippen molar-refractivity contribution in [3.63, 3.8) is 0 Å². The second-order valence-electron chi connectivity index (χ2n) is 17.4. The molecule has 1 aliphatic rings. The van der Waals surface area contributed by atoms with Crippen LogP contribution in [0.3, 0.4) is 0 Å². The smallest absolute Gasteiger partial charge is 0.0612 e. The van der Waals surface area contributed by atoms with Crippen LogP contribution in [0.25, 0.3) is 93.1 Å². The molecule has 4 heterocycles. The minimum atomic E-state index is 0.291. The lowest BCUT2D eigenvalue weighted by atomic mass is 9.93. The highest BCUT2D eigenvalue weighted by atomic mass is 15.2. The number of benzene rings is 9. The first kappa shape index (κ1) is 35.2. The van der Waals surface area contributed by atoms with Crippen molar-refractivity contribution in [1.82, 2.24) is 13.7 Å². The van der Waals surface area contributed by atoms with E-state index < -0.39 is 0 Å². The molecule has 0 aliphatic carbocycles. The summed E-state index contributed by atoms with van der Waals surface area (Å²) in [7, 11) is 0. The largest absolute Gasteiger partial charge is 0.337 e. The van der Waals surface area contributed by atoms with Gasteiger partial charge in [0.25, 0.3) is 0 Å². The average Bonchev–Trinajstić information content (AvgIpc) is 4.00. The van der Waals surface area contributed by atoms with Crippen LogP contribution in [0.5, 0.6) is 0 Å². The summed E-state index contributed by atoms with van der Waals surface area (Å²) >= 11 is 0. The number of fused-ring (bicyclic) bond motifs is 13. The van der Waals surface area contributed by atoms with Gasteiger partial charge >= 0.3 is 0 Å². The van der Waals surface area contributed by atoms with Gasteiger partial charge < -0.3 is 18.6 Å². The zero-order chi connectivity index (χ0) is 41.4. The Morgan fingerprint density at radius 1 is 0.355 bits per heavy atom. The molecule has 0 spiro atoms. The van der Waals surface area contributed by atoms with Gasteiger partial charge in [-0.25, -0.2) is 0 Å². The molecule has 4 heteroatoms. The number of nitrogens with zero attached hydrogens (tertiary/aromatic N) is 4. The molecule has 13 rings (SSSR count). The molecule has 296 valence electrons. The van der Waals surface area contributed by atoms with Crippen molar-refractivity contribution >= 4 is 87.4 Å². The van der Waals surface area contributed by atoms with E-state index >= 15 is 0 Å².